The van der Waals surface area contributed by atoms with Crippen molar-refractivity contribution in [2.24, 2.45) is 0 Å². The van der Waals surface area contributed by atoms with Crippen molar-refractivity contribution in [3.05, 3.63) is 33.8 Å². The topological polar surface area (TPSA) is 47.5 Å². The first-order valence-electron chi connectivity index (χ1n) is 7.73. The van der Waals surface area contributed by atoms with Gasteiger partial charge in [-0.05, 0) is 32.4 Å². The van der Waals surface area contributed by atoms with E-state index in [9.17, 15) is 0 Å². The molecule has 0 bridgehead atoms. The number of aryl methyl sites for hydroxylation is 1. The van der Waals surface area contributed by atoms with Gasteiger partial charge in [-0.25, -0.2) is 0 Å². The van der Waals surface area contributed by atoms with Gasteiger partial charge in [0, 0.05) is 11.6 Å². The standard InChI is InChI=1S/C16H19N3O2S/c1-11-17-18-15(22-11)10-19-7-3-5-13(19)12-4-2-6-14-16(12)21-9-8-20-14/h2,4,6,13H,3,5,7-10H2,1H3/t13-/m0/s1. The van der Waals surface area contributed by atoms with E-state index >= 15 is 0 Å². The van der Waals surface area contributed by atoms with Crippen LogP contribution in [0.5, 0.6) is 11.5 Å². The lowest BCUT2D eigenvalue weighted by Gasteiger charge is -2.28. The molecule has 1 saturated heterocycles. The molecule has 0 amide bonds. The van der Waals surface area contributed by atoms with Gasteiger partial charge < -0.3 is 9.47 Å². The van der Waals surface area contributed by atoms with Crippen LogP contribution in [-0.4, -0.2) is 34.9 Å². The van der Waals surface area contributed by atoms with Gasteiger partial charge in [-0.3, -0.25) is 4.90 Å². The van der Waals surface area contributed by atoms with Gasteiger partial charge in [0.05, 0.1) is 6.54 Å². The number of nitrogens with zero attached hydrogens (tertiary/aromatic N) is 3. The van der Waals surface area contributed by atoms with Crippen LogP contribution in [0.3, 0.4) is 0 Å². The summed E-state index contributed by atoms with van der Waals surface area (Å²) >= 11 is 1.68. The average Bonchev–Trinajstić information content (AvgIpc) is 3.16. The summed E-state index contributed by atoms with van der Waals surface area (Å²) in [6, 6.07) is 6.60. The lowest BCUT2D eigenvalue weighted by atomic mass is 10.0. The van der Waals surface area contributed by atoms with Gasteiger partial charge in [-0.2, -0.15) is 0 Å². The van der Waals surface area contributed by atoms with Gasteiger partial charge >= 0.3 is 0 Å². The van der Waals surface area contributed by atoms with Crippen LogP contribution in [-0.2, 0) is 6.54 Å². The predicted octanol–water partition coefficient (Wildman–Crippen LogP) is 2.95. The second kappa shape index (κ2) is 5.85. The molecule has 1 fully saturated rings. The second-order valence-corrected chi connectivity index (χ2v) is 6.98. The van der Waals surface area contributed by atoms with E-state index in [1.54, 1.807) is 11.3 Å². The van der Waals surface area contributed by atoms with Crippen molar-refractivity contribution in [2.75, 3.05) is 19.8 Å². The molecule has 2 aliphatic rings. The highest BCUT2D eigenvalue weighted by molar-refractivity contribution is 7.11. The smallest absolute Gasteiger partial charge is 0.166 e. The van der Waals surface area contributed by atoms with Crippen LogP contribution in [0, 0.1) is 6.92 Å². The van der Waals surface area contributed by atoms with E-state index in [0.29, 0.717) is 19.3 Å². The van der Waals surface area contributed by atoms with Gasteiger partial charge in [0.2, 0.25) is 0 Å². The summed E-state index contributed by atoms with van der Waals surface area (Å²) in [5.41, 5.74) is 1.25. The van der Waals surface area contributed by atoms with Gasteiger partial charge in [-0.15, -0.1) is 21.5 Å². The molecule has 2 aliphatic heterocycles. The maximum absolute atomic E-state index is 5.89. The molecule has 0 radical (unpaired) electrons. The Morgan fingerprint density at radius 1 is 1.27 bits per heavy atom. The van der Waals surface area contributed by atoms with Gasteiger partial charge in [0.1, 0.15) is 23.2 Å². The zero-order chi connectivity index (χ0) is 14.9. The van der Waals surface area contributed by atoms with E-state index in [0.717, 1.165) is 41.0 Å². The van der Waals surface area contributed by atoms with E-state index < -0.39 is 0 Å². The fourth-order valence-corrected chi connectivity index (χ4v) is 4.04. The molecule has 0 N–H and O–H groups in total. The van der Waals surface area contributed by atoms with Crippen molar-refractivity contribution >= 4 is 11.3 Å². The summed E-state index contributed by atoms with van der Waals surface area (Å²) in [5.74, 6) is 1.81. The number of benzene rings is 1. The van der Waals surface area contributed by atoms with E-state index in [2.05, 4.69) is 27.2 Å². The van der Waals surface area contributed by atoms with Crippen molar-refractivity contribution in [2.45, 2.75) is 32.4 Å². The van der Waals surface area contributed by atoms with Crippen molar-refractivity contribution in [1.82, 2.24) is 15.1 Å². The van der Waals surface area contributed by atoms with Crippen LogP contribution in [0.2, 0.25) is 0 Å². The van der Waals surface area contributed by atoms with Crippen LogP contribution in [0.25, 0.3) is 0 Å². The normalized spacial score (nSPS) is 21.2. The van der Waals surface area contributed by atoms with Crippen LogP contribution in [0.1, 0.15) is 34.5 Å². The first-order valence-corrected chi connectivity index (χ1v) is 8.54. The van der Waals surface area contributed by atoms with E-state index in [4.69, 9.17) is 9.47 Å². The Balaban J connectivity index is 1.61. The first kappa shape index (κ1) is 14.0. The maximum Gasteiger partial charge on any atom is 0.166 e. The maximum atomic E-state index is 5.89. The average molecular weight is 317 g/mol. The van der Waals surface area contributed by atoms with Crippen molar-refractivity contribution < 1.29 is 9.47 Å². The molecule has 116 valence electrons. The largest absolute Gasteiger partial charge is 0.486 e. The Bertz CT molecular complexity index is 673. The highest BCUT2D eigenvalue weighted by atomic mass is 32.1. The number of ether oxygens (including phenoxy) is 2. The van der Waals surface area contributed by atoms with E-state index in [1.807, 2.05) is 13.0 Å². The molecule has 5 nitrogen and oxygen atoms in total. The van der Waals surface area contributed by atoms with Crippen molar-refractivity contribution in [3.8, 4) is 11.5 Å². The molecule has 4 rings (SSSR count). The quantitative estimate of drug-likeness (QED) is 0.871. The highest BCUT2D eigenvalue weighted by Gasteiger charge is 2.31. The first-order chi connectivity index (χ1) is 10.8. The predicted molar refractivity (Wildman–Crippen MR) is 84.5 cm³/mol. The molecule has 6 heteroatoms. The van der Waals surface area contributed by atoms with E-state index in [1.165, 1.54) is 12.0 Å². The lowest BCUT2D eigenvalue weighted by Crippen LogP contribution is -2.24. The molecular formula is C16H19N3O2S. The van der Waals surface area contributed by atoms with Gasteiger partial charge in [-0.1, -0.05) is 12.1 Å². The minimum atomic E-state index is 0.376. The Kier molecular flexibility index (Phi) is 3.72. The third kappa shape index (κ3) is 2.57. The molecule has 1 atom stereocenters. The fraction of sp³-hybridized carbons (Fsp3) is 0.500. The summed E-state index contributed by atoms with van der Waals surface area (Å²) in [7, 11) is 0. The molecule has 1 aromatic heterocycles. The van der Waals surface area contributed by atoms with Crippen LogP contribution < -0.4 is 9.47 Å². The molecule has 1 aromatic carbocycles. The van der Waals surface area contributed by atoms with Crippen LogP contribution in [0.15, 0.2) is 18.2 Å². The Morgan fingerprint density at radius 2 is 2.18 bits per heavy atom. The van der Waals surface area contributed by atoms with Crippen LogP contribution >= 0.6 is 11.3 Å². The summed E-state index contributed by atoms with van der Waals surface area (Å²) in [6.45, 7) is 5.22. The number of likely N-dealkylation sites (tertiary alicyclic amines) is 1. The molecule has 0 saturated carbocycles. The summed E-state index contributed by atoms with van der Waals surface area (Å²) < 4.78 is 11.6. The SMILES string of the molecule is Cc1nnc(CN2CCC[C@H]2c2cccc3c2OCCO3)s1. The van der Waals surface area contributed by atoms with Crippen LogP contribution in [0.4, 0.5) is 0 Å². The molecule has 0 aliphatic carbocycles. The Morgan fingerprint density at radius 3 is 3.05 bits per heavy atom. The molecule has 22 heavy (non-hydrogen) atoms. The minimum absolute atomic E-state index is 0.376. The fourth-order valence-electron chi connectivity index (χ4n) is 3.30. The summed E-state index contributed by atoms with van der Waals surface area (Å²) in [4.78, 5) is 2.48. The zero-order valence-electron chi connectivity index (χ0n) is 12.6. The summed E-state index contributed by atoms with van der Waals surface area (Å²) in [6.07, 6.45) is 2.35. The third-order valence-corrected chi connectivity index (χ3v) is 5.05. The minimum Gasteiger partial charge on any atom is -0.486 e. The number of para-hydroxylation sites is 1. The molecule has 0 spiro atoms. The zero-order valence-corrected chi connectivity index (χ0v) is 13.4. The monoisotopic (exact) mass is 317 g/mol. The Hall–Kier alpha value is -1.66. The number of hydrogen-bond donors (Lipinski definition) is 0. The second-order valence-electron chi connectivity index (χ2n) is 5.71. The molecule has 2 aromatic rings. The highest BCUT2D eigenvalue weighted by Crippen LogP contribution is 2.43. The third-order valence-electron chi connectivity index (χ3n) is 4.23. The van der Waals surface area contributed by atoms with E-state index in [-0.39, 0.29) is 0 Å². The molecule has 3 heterocycles. The Labute approximate surface area is 133 Å². The number of fused-ring (bicyclic) bond motifs is 1. The van der Waals surface area contributed by atoms with Gasteiger partial charge in [0.15, 0.2) is 11.5 Å². The number of aromatic nitrogens is 2. The van der Waals surface area contributed by atoms with Gasteiger partial charge in [0.25, 0.3) is 0 Å². The number of hydrogen-bond acceptors (Lipinski definition) is 6. The van der Waals surface area contributed by atoms with Crippen molar-refractivity contribution in [1.29, 1.82) is 0 Å². The molecule has 0 unspecified atom stereocenters. The molecular weight excluding hydrogens is 298 g/mol. The summed E-state index contributed by atoms with van der Waals surface area (Å²) in [5, 5.41) is 10.5. The number of rotatable bonds is 3. The van der Waals surface area contributed by atoms with Crippen molar-refractivity contribution in [3.63, 3.8) is 0 Å². The lowest BCUT2D eigenvalue weighted by molar-refractivity contribution is 0.163.